The van der Waals surface area contributed by atoms with Gasteiger partial charge in [-0.05, 0) is 30.9 Å². The Morgan fingerprint density at radius 1 is 1.20 bits per heavy atom. The molecule has 0 atom stereocenters. The fourth-order valence-corrected chi connectivity index (χ4v) is 3.39. The van der Waals surface area contributed by atoms with E-state index in [0.717, 1.165) is 51.4 Å². The molecule has 1 amide bonds. The SMILES string of the molecule is CC(C)CN1CCN(c2ccc(C(=O)NC3CCOCC3)nn2)CC1. The highest BCUT2D eigenvalue weighted by Gasteiger charge is 2.21. The highest BCUT2D eigenvalue weighted by atomic mass is 16.5. The van der Waals surface area contributed by atoms with E-state index in [4.69, 9.17) is 4.74 Å². The van der Waals surface area contributed by atoms with Crippen LogP contribution in [0.2, 0.25) is 0 Å². The van der Waals surface area contributed by atoms with Gasteiger partial charge in [-0.3, -0.25) is 9.69 Å². The number of nitrogens with zero attached hydrogens (tertiary/aromatic N) is 4. The summed E-state index contributed by atoms with van der Waals surface area (Å²) in [6.45, 7) is 11.1. The Kier molecular flexibility index (Phi) is 6.20. The number of carbonyl (C=O) groups excluding carboxylic acids is 1. The number of rotatable bonds is 5. The zero-order chi connectivity index (χ0) is 17.6. The molecule has 25 heavy (non-hydrogen) atoms. The van der Waals surface area contributed by atoms with Gasteiger partial charge in [-0.15, -0.1) is 10.2 Å². The summed E-state index contributed by atoms with van der Waals surface area (Å²) in [6, 6.07) is 3.86. The summed E-state index contributed by atoms with van der Waals surface area (Å²) in [5.74, 6) is 1.40. The zero-order valence-electron chi connectivity index (χ0n) is 15.3. The molecule has 0 bridgehead atoms. The van der Waals surface area contributed by atoms with Crippen LogP contribution in [-0.4, -0.2) is 73.0 Å². The van der Waals surface area contributed by atoms with Crippen LogP contribution in [0.1, 0.15) is 37.2 Å². The van der Waals surface area contributed by atoms with Crippen LogP contribution in [-0.2, 0) is 4.74 Å². The molecule has 2 fully saturated rings. The topological polar surface area (TPSA) is 70.6 Å². The average molecular weight is 347 g/mol. The van der Waals surface area contributed by atoms with Crippen LogP contribution in [0.3, 0.4) is 0 Å². The van der Waals surface area contributed by atoms with Crippen LogP contribution in [0.5, 0.6) is 0 Å². The first kappa shape index (κ1) is 18.1. The fraction of sp³-hybridized carbons (Fsp3) is 0.722. The predicted octanol–water partition coefficient (Wildman–Crippen LogP) is 1.16. The van der Waals surface area contributed by atoms with Crippen molar-refractivity contribution in [1.29, 1.82) is 0 Å². The Morgan fingerprint density at radius 2 is 1.92 bits per heavy atom. The standard InChI is InChI=1S/C18H29N5O2/c1-14(2)13-22-7-9-23(10-8-22)17-4-3-16(20-21-17)18(24)19-15-5-11-25-12-6-15/h3-4,14-15H,5-13H2,1-2H3,(H,19,24). The van der Waals surface area contributed by atoms with Gasteiger partial charge < -0.3 is 15.0 Å². The normalized spacial score (nSPS) is 20.0. The van der Waals surface area contributed by atoms with E-state index >= 15 is 0 Å². The minimum absolute atomic E-state index is 0.146. The Bertz CT molecular complexity index is 549. The second kappa shape index (κ2) is 8.58. The van der Waals surface area contributed by atoms with Crippen LogP contribution in [0.4, 0.5) is 5.82 Å². The lowest BCUT2D eigenvalue weighted by atomic mass is 10.1. The molecule has 2 aliphatic rings. The molecule has 0 unspecified atom stereocenters. The summed E-state index contributed by atoms with van der Waals surface area (Å²) in [6.07, 6.45) is 1.72. The van der Waals surface area contributed by atoms with Gasteiger partial charge in [0.05, 0.1) is 0 Å². The molecule has 7 nitrogen and oxygen atoms in total. The molecule has 3 heterocycles. The molecule has 1 aromatic rings. The lowest BCUT2D eigenvalue weighted by Crippen LogP contribution is -2.47. The van der Waals surface area contributed by atoms with Gasteiger partial charge in [-0.1, -0.05) is 13.8 Å². The van der Waals surface area contributed by atoms with Crippen molar-refractivity contribution in [2.24, 2.45) is 5.92 Å². The molecule has 0 aromatic carbocycles. The number of hydrogen-bond donors (Lipinski definition) is 1. The van der Waals surface area contributed by atoms with Gasteiger partial charge in [0, 0.05) is 52.0 Å². The van der Waals surface area contributed by atoms with E-state index in [1.165, 1.54) is 0 Å². The van der Waals surface area contributed by atoms with E-state index in [-0.39, 0.29) is 11.9 Å². The number of anilines is 1. The van der Waals surface area contributed by atoms with Crippen molar-refractivity contribution < 1.29 is 9.53 Å². The molecular weight excluding hydrogens is 318 g/mol. The molecular formula is C18H29N5O2. The van der Waals surface area contributed by atoms with Crippen LogP contribution < -0.4 is 10.2 Å². The maximum absolute atomic E-state index is 12.3. The van der Waals surface area contributed by atoms with Crippen molar-refractivity contribution in [1.82, 2.24) is 20.4 Å². The minimum atomic E-state index is -0.146. The number of amides is 1. The Hall–Kier alpha value is -1.73. The number of carbonyl (C=O) groups is 1. The Morgan fingerprint density at radius 3 is 2.52 bits per heavy atom. The maximum Gasteiger partial charge on any atom is 0.272 e. The predicted molar refractivity (Wildman–Crippen MR) is 96.8 cm³/mol. The number of aromatic nitrogens is 2. The van der Waals surface area contributed by atoms with E-state index in [9.17, 15) is 4.79 Å². The van der Waals surface area contributed by atoms with Crippen molar-refractivity contribution in [3.8, 4) is 0 Å². The molecule has 2 aliphatic heterocycles. The molecule has 1 N–H and O–H groups in total. The molecule has 0 saturated carbocycles. The van der Waals surface area contributed by atoms with Crippen LogP contribution in [0.15, 0.2) is 12.1 Å². The first-order valence-corrected chi connectivity index (χ1v) is 9.31. The summed E-state index contributed by atoms with van der Waals surface area (Å²) >= 11 is 0. The number of piperazine rings is 1. The van der Waals surface area contributed by atoms with Gasteiger partial charge >= 0.3 is 0 Å². The highest BCUT2D eigenvalue weighted by Crippen LogP contribution is 2.14. The van der Waals surface area contributed by atoms with Gasteiger partial charge in [0.25, 0.3) is 5.91 Å². The number of nitrogens with one attached hydrogen (secondary N) is 1. The minimum Gasteiger partial charge on any atom is -0.381 e. The average Bonchev–Trinajstić information content (AvgIpc) is 2.63. The first-order valence-electron chi connectivity index (χ1n) is 9.31. The summed E-state index contributed by atoms with van der Waals surface area (Å²) in [4.78, 5) is 17.0. The quantitative estimate of drug-likeness (QED) is 0.862. The van der Waals surface area contributed by atoms with Gasteiger partial charge in [0.2, 0.25) is 0 Å². The lowest BCUT2D eigenvalue weighted by molar-refractivity contribution is 0.0693. The molecule has 0 aliphatic carbocycles. The third-order valence-electron chi connectivity index (χ3n) is 4.76. The number of hydrogen-bond acceptors (Lipinski definition) is 6. The van der Waals surface area contributed by atoms with E-state index in [2.05, 4.69) is 39.2 Å². The lowest BCUT2D eigenvalue weighted by Gasteiger charge is -2.35. The van der Waals surface area contributed by atoms with E-state index in [1.54, 1.807) is 6.07 Å². The van der Waals surface area contributed by atoms with Crippen molar-refractivity contribution in [2.75, 3.05) is 50.8 Å². The Balaban J connectivity index is 1.51. The molecule has 1 aromatic heterocycles. The molecule has 3 rings (SSSR count). The van der Waals surface area contributed by atoms with Crippen molar-refractivity contribution >= 4 is 11.7 Å². The maximum atomic E-state index is 12.3. The van der Waals surface area contributed by atoms with Gasteiger partial charge in [-0.2, -0.15) is 0 Å². The number of ether oxygens (including phenoxy) is 1. The largest absolute Gasteiger partial charge is 0.381 e. The fourth-order valence-electron chi connectivity index (χ4n) is 3.39. The first-order chi connectivity index (χ1) is 12.1. The van der Waals surface area contributed by atoms with Gasteiger partial charge in [0.15, 0.2) is 11.5 Å². The molecule has 138 valence electrons. The summed E-state index contributed by atoms with van der Waals surface area (Å²) < 4.78 is 5.31. The summed E-state index contributed by atoms with van der Waals surface area (Å²) in [5.41, 5.74) is 0.383. The van der Waals surface area contributed by atoms with Crippen molar-refractivity contribution in [3.63, 3.8) is 0 Å². The smallest absolute Gasteiger partial charge is 0.272 e. The third-order valence-corrected chi connectivity index (χ3v) is 4.76. The van der Waals surface area contributed by atoms with E-state index in [1.807, 2.05) is 6.07 Å². The monoisotopic (exact) mass is 347 g/mol. The third kappa shape index (κ3) is 5.12. The second-order valence-electron chi connectivity index (χ2n) is 7.32. The van der Waals surface area contributed by atoms with E-state index < -0.39 is 0 Å². The molecule has 7 heteroatoms. The van der Waals surface area contributed by atoms with Crippen molar-refractivity contribution in [3.05, 3.63) is 17.8 Å². The molecule has 0 radical (unpaired) electrons. The second-order valence-corrected chi connectivity index (χ2v) is 7.32. The van der Waals surface area contributed by atoms with Crippen LogP contribution >= 0.6 is 0 Å². The van der Waals surface area contributed by atoms with Crippen molar-refractivity contribution in [2.45, 2.75) is 32.7 Å². The van der Waals surface area contributed by atoms with Crippen LogP contribution in [0.25, 0.3) is 0 Å². The zero-order valence-corrected chi connectivity index (χ0v) is 15.3. The van der Waals surface area contributed by atoms with Gasteiger partial charge in [-0.25, -0.2) is 0 Å². The van der Waals surface area contributed by atoms with Crippen LogP contribution in [0, 0.1) is 5.92 Å². The summed E-state index contributed by atoms with van der Waals surface area (Å²) in [5, 5.41) is 11.4. The van der Waals surface area contributed by atoms with E-state index in [0.29, 0.717) is 24.8 Å². The highest BCUT2D eigenvalue weighted by molar-refractivity contribution is 5.92. The molecule has 2 saturated heterocycles. The molecule has 0 spiro atoms. The van der Waals surface area contributed by atoms with Gasteiger partial charge in [0.1, 0.15) is 0 Å². The summed E-state index contributed by atoms with van der Waals surface area (Å²) in [7, 11) is 0. The Labute approximate surface area is 149 Å².